The molecule has 9 nitrogen and oxygen atoms in total. The summed E-state index contributed by atoms with van der Waals surface area (Å²) in [7, 11) is 1.41. The van der Waals surface area contributed by atoms with Crippen molar-refractivity contribution < 1.29 is 33.4 Å². The quantitative estimate of drug-likeness (QED) is 0.509. The van der Waals surface area contributed by atoms with Gasteiger partial charge in [0.1, 0.15) is 0 Å². The zero-order valence-electron chi connectivity index (χ0n) is 15.9. The number of imide groups is 1. The standard InChI is InChI=1S/C19H24N2O7/c1-12(22)13-7-8-15(16(9-13)26-2)27-11-18(24)28-10-17(23)21-19(25)20-14-5-3-4-6-14/h7-9,14H,3-6,10-11H2,1-2H3,(H2,20,21,23,25). The maximum absolute atomic E-state index is 11.7. The number of esters is 1. The molecular formula is C19H24N2O7. The minimum absolute atomic E-state index is 0.0770. The average molecular weight is 392 g/mol. The van der Waals surface area contributed by atoms with Crippen molar-refractivity contribution in [2.75, 3.05) is 20.3 Å². The summed E-state index contributed by atoms with van der Waals surface area (Å²) in [5, 5.41) is 4.81. The third-order valence-electron chi connectivity index (χ3n) is 4.22. The van der Waals surface area contributed by atoms with E-state index in [0.717, 1.165) is 25.7 Å². The first-order valence-electron chi connectivity index (χ1n) is 8.96. The monoisotopic (exact) mass is 392 g/mol. The van der Waals surface area contributed by atoms with Crippen LogP contribution in [0.1, 0.15) is 43.0 Å². The minimum atomic E-state index is -0.788. The molecule has 1 aliphatic carbocycles. The Morgan fingerprint density at radius 2 is 1.79 bits per heavy atom. The molecule has 9 heteroatoms. The van der Waals surface area contributed by atoms with E-state index < -0.39 is 31.1 Å². The lowest BCUT2D eigenvalue weighted by Gasteiger charge is -2.13. The van der Waals surface area contributed by atoms with Gasteiger partial charge in [-0.05, 0) is 38.0 Å². The van der Waals surface area contributed by atoms with Gasteiger partial charge in [0.2, 0.25) is 0 Å². The summed E-state index contributed by atoms with van der Waals surface area (Å²) in [6, 6.07) is 4.03. The minimum Gasteiger partial charge on any atom is -0.493 e. The van der Waals surface area contributed by atoms with Crippen LogP contribution in [0, 0.1) is 0 Å². The van der Waals surface area contributed by atoms with Crippen LogP contribution in [0.4, 0.5) is 4.79 Å². The molecule has 0 radical (unpaired) electrons. The predicted octanol–water partition coefficient (Wildman–Crippen LogP) is 1.59. The molecule has 1 aliphatic rings. The van der Waals surface area contributed by atoms with Gasteiger partial charge in [0.15, 0.2) is 30.5 Å². The van der Waals surface area contributed by atoms with E-state index in [4.69, 9.17) is 14.2 Å². The topological polar surface area (TPSA) is 120 Å². The number of carbonyl (C=O) groups is 4. The summed E-state index contributed by atoms with van der Waals surface area (Å²) in [6.45, 7) is 0.365. The van der Waals surface area contributed by atoms with Crippen LogP contribution in [0.3, 0.4) is 0 Å². The number of amides is 3. The van der Waals surface area contributed by atoms with E-state index in [1.807, 2.05) is 0 Å². The van der Waals surface area contributed by atoms with Crippen molar-refractivity contribution in [3.63, 3.8) is 0 Å². The fourth-order valence-electron chi connectivity index (χ4n) is 2.78. The largest absolute Gasteiger partial charge is 0.493 e. The van der Waals surface area contributed by atoms with E-state index in [1.54, 1.807) is 6.07 Å². The average Bonchev–Trinajstić information content (AvgIpc) is 3.17. The zero-order chi connectivity index (χ0) is 20.5. The lowest BCUT2D eigenvalue weighted by Crippen LogP contribution is -2.45. The number of carbonyl (C=O) groups excluding carboxylic acids is 4. The second-order valence-electron chi connectivity index (χ2n) is 6.37. The molecule has 0 atom stereocenters. The van der Waals surface area contributed by atoms with Crippen molar-refractivity contribution in [3.8, 4) is 11.5 Å². The van der Waals surface area contributed by atoms with Gasteiger partial charge in [-0.25, -0.2) is 9.59 Å². The highest BCUT2D eigenvalue weighted by atomic mass is 16.6. The Balaban J connectivity index is 1.72. The normalized spacial score (nSPS) is 13.5. The SMILES string of the molecule is COc1cc(C(C)=O)ccc1OCC(=O)OCC(=O)NC(=O)NC1CCCC1. The highest BCUT2D eigenvalue weighted by Gasteiger charge is 2.19. The summed E-state index contributed by atoms with van der Waals surface area (Å²) >= 11 is 0. The molecule has 1 fully saturated rings. The molecule has 0 saturated heterocycles. The molecule has 2 N–H and O–H groups in total. The second kappa shape index (κ2) is 10.3. The van der Waals surface area contributed by atoms with E-state index in [0.29, 0.717) is 11.3 Å². The highest BCUT2D eigenvalue weighted by Crippen LogP contribution is 2.28. The molecule has 0 bridgehead atoms. The Kier molecular flexibility index (Phi) is 7.79. The summed E-state index contributed by atoms with van der Waals surface area (Å²) in [5.41, 5.74) is 0.444. The van der Waals surface area contributed by atoms with Crippen molar-refractivity contribution in [1.82, 2.24) is 10.6 Å². The van der Waals surface area contributed by atoms with Crippen molar-refractivity contribution in [2.45, 2.75) is 38.6 Å². The van der Waals surface area contributed by atoms with Crippen molar-refractivity contribution in [1.29, 1.82) is 0 Å². The van der Waals surface area contributed by atoms with Gasteiger partial charge in [0.05, 0.1) is 7.11 Å². The number of urea groups is 1. The van der Waals surface area contributed by atoms with E-state index in [2.05, 4.69) is 10.6 Å². The predicted molar refractivity (Wildman–Crippen MR) is 98.4 cm³/mol. The summed E-state index contributed by atoms with van der Waals surface area (Å²) < 4.78 is 15.2. The third-order valence-corrected chi connectivity index (χ3v) is 4.22. The van der Waals surface area contributed by atoms with Gasteiger partial charge in [-0.3, -0.25) is 14.9 Å². The fourth-order valence-corrected chi connectivity index (χ4v) is 2.78. The molecule has 0 aromatic heterocycles. The van der Waals surface area contributed by atoms with Crippen LogP contribution in [-0.2, 0) is 14.3 Å². The van der Waals surface area contributed by atoms with Crippen LogP contribution in [0.25, 0.3) is 0 Å². The van der Waals surface area contributed by atoms with Crippen LogP contribution in [0.2, 0.25) is 0 Å². The first kappa shape index (κ1) is 21.2. The molecule has 1 saturated carbocycles. The Labute approximate surface area is 162 Å². The number of ketones is 1. The number of nitrogens with one attached hydrogen (secondary N) is 2. The van der Waals surface area contributed by atoms with Gasteiger partial charge in [0.25, 0.3) is 5.91 Å². The number of benzene rings is 1. The second-order valence-corrected chi connectivity index (χ2v) is 6.37. The molecule has 0 aliphatic heterocycles. The molecule has 152 valence electrons. The van der Waals surface area contributed by atoms with E-state index in [1.165, 1.54) is 26.2 Å². The number of rotatable bonds is 8. The Hall–Kier alpha value is -3.10. The number of hydrogen-bond donors (Lipinski definition) is 2. The number of methoxy groups -OCH3 is 1. The zero-order valence-corrected chi connectivity index (χ0v) is 15.9. The van der Waals surface area contributed by atoms with Crippen LogP contribution < -0.4 is 20.1 Å². The van der Waals surface area contributed by atoms with Crippen molar-refractivity contribution >= 4 is 23.7 Å². The molecule has 1 aromatic carbocycles. The molecule has 0 spiro atoms. The van der Waals surface area contributed by atoms with Crippen LogP contribution >= 0.6 is 0 Å². The van der Waals surface area contributed by atoms with E-state index in [-0.39, 0.29) is 17.6 Å². The van der Waals surface area contributed by atoms with Crippen molar-refractivity contribution in [3.05, 3.63) is 23.8 Å². The first-order valence-corrected chi connectivity index (χ1v) is 8.96. The lowest BCUT2D eigenvalue weighted by atomic mass is 10.1. The van der Waals surface area contributed by atoms with E-state index >= 15 is 0 Å². The van der Waals surface area contributed by atoms with E-state index in [9.17, 15) is 19.2 Å². The highest BCUT2D eigenvalue weighted by molar-refractivity contribution is 5.96. The summed E-state index contributed by atoms with van der Waals surface area (Å²) in [4.78, 5) is 46.4. The number of hydrogen-bond acceptors (Lipinski definition) is 7. The van der Waals surface area contributed by atoms with Gasteiger partial charge in [0, 0.05) is 11.6 Å². The first-order chi connectivity index (χ1) is 13.4. The van der Waals surface area contributed by atoms with Crippen molar-refractivity contribution in [2.24, 2.45) is 0 Å². The van der Waals surface area contributed by atoms with Gasteiger partial charge in [-0.15, -0.1) is 0 Å². The van der Waals surface area contributed by atoms with Gasteiger partial charge < -0.3 is 19.5 Å². The Morgan fingerprint density at radius 3 is 2.43 bits per heavy atom. The van der Waals surface area contributed by atoms with Crippen LogP contribution in [0.5, 0.6) is 11.5 Å². The van der Waals surface area contributed by atoms with Gasteiger partial charge in [-0.2, -0.15) is 0 Å². The number of Topliss-reactive ketones (excluding diaryl/α,β-unsaturated/α-hetero) is 1. The molecule has 28 heavy (non-hydrogen) atoms. The summed E-state index contributed by atoms with van der Waals surface area (Å²) in [5.74, 6) is -1.10. The lowest BCUT2D eigenvalue weighted by molar-refractivity contribution is -0.150. The maximum Gasteiger partial charge on any atom is 0.344 e. The molecule has 2 rings (SSSR count). The van der Waals surface area contributed by atoms with Gasteiger partial charge in [-0.1, -0.05) is 12.8 Å². The molecule has 3 amide bonds. The molecule has 0 heterocycles. The molecule has 0 unspecified atom stereocenters. The molecular weight excluding hydrogens is 368 g/mol. The number of ether oxygens (including phenoxy) is 3. The summed E-state index contributed by atoms with van der Waals surface area (Å²) in [6.07, 6.45) is 3.90. The fraction of sp³-hybridized carbons (Fsp3) is 0.474. The third kappa shape index (κ3) is 6.57. The van der Waals surface area contributed by atoms with Gasteiger partial charge >= 0.3 is 12.0 Å². The Morgan fingerprint density at radius 1 is 1.07 bits per heavy atom. The smallest absolute Gasteiger partial charge is 0.344 e. The molecule has 1 aromatic rings. The maximum atomic E-state index is 11.7. The van der Waals surface area contributed by atoms with Crippen LogP contribution in [-0.4, -0.2) is 50.1 Å². The Bertz CT molecular complexity index is 742. The van der Waals surface area contributed by atoms with Crippen LogP contribution in [0.15, 0.2) is 18.2 Å².